The molecule has 0 amide bonds. The number of rotatable bonds is 4. The first-order chi connectivity index (χ1) is 7.54. The minimum Gasteiger partial charge on any atom is -0.478 e. The molecule has 0 aliphatic heterocycles. The lowest BCUT2D eigenvalue weighted by molar-refractivity contribution is -0.150. The number of esters is 1. The van der Waals surface area contributed by atoms with E-state index in [1.807, 2.05) is 12.1 Å². The molecule has 88 valence electrons. The predicted molar refractivity (Wildman–Crippen MR) is 68.6 cm³/mol. The van der Waals surface area contributed by atoms with Crippen LogP contribution >= 0.6 is 31.9 Å². The summed E-state index contributed by atoms with van der Waals surface area (Å²) < 4.78 is 12.1. The summed E-state index contributed by atoms with van der Waals surface area (Å²) in [5.74, 6) is 0.251. The molecule has 0 aliphatic carbocycles. The summed E-state index contributed by atoms with van der Waals surface area (Å²) in [4.78, 5) is 11.4. The van der Waals surface area contributed by atoms with Gasteiger partial charge in [0, 0.05) is 4.47 Å². The van der Waals surface area contributed by atoms with Gasteiger partial charge in [-0.2, -0.15) is 0 Å². The second-order valence-corrected chi connectivity index (χ2v) is 4.86. The van der Waals surface area contributed by atoms with Crippen LogP contribution in [-0.2, 0) is 9.53 Å². The third-order valence-electron chi connectivity index (χ3n) is 1.82. The number of benzene rings is 1. The van der Waals surface area contributed by atoms with Crippen molar-refractivity contribution in [1.82, 2.24) is 0 Å². The highest BCUT2D eigenvalue weighted by Crippen LogP contribution is 2.29. The van der Waals surface area contributed by atoms with E-state index in [9.17, 15) is 4.79 Å². The SMILES string of the molecule is CCOC(=O)C(C)Oc1ccc(Br)cc1Br. The highest BCUT2D eigenvalue weighted by atomic mass is 79.9. The molecule has 0 saturated carbocycles. The summed E-state index contributed by atoms with van der Waals surface area (Å²) >= 11 is 6.70. The van der Waals surface area contributed by atoms with Crippen molar-refractivity contribution in [3.05, 3.63) is 27.1 Å². The third kappa shape index (κ3) is 3.79. The molecule has 16 heavy (non-hydrogen) atoms. The topological polar surface area (TPSA) is 35.5 Å². The van der Waals surface area contributed by atoms with Crippen molar-refractivity contribution >= 4 is 37.8 Å². The molecule has 0 heterocycles. The van der Waals surface area contributed by atoms with Crippen LogP contribution in [0.25, 0.3) is 0 Å². The van der Waals surface area contributed by atoms with Crippen molar-refractivity contribution in [3.8, 4) is 5.75 Å². The molecule has 5 heteroatoms. The van der Waals surface area contributed by atoms with Crippen molar-refractivity contribution in [1.29, 1.82) is 0 Å². The molecule has 3 nitrogen and oxygen atoms in total. The molecule has 0 aromatic heterocycles. The Hall–Kier alpha value is -0.550. The Bertz CT molecular complexity index is 379. The van der Waals surface area contributed by atoms with E-state index in [1.54, 1.807) is 19.9 Å². The van der Waals surface area contributed by atoms with E-state index in [1.165, 1.54) is 0 Å². The maximum Gasteiger partial charge on any atom is 0.347 e. The minimum atomic E-state index is -0.613. The van der Waals surface area contributed by atoms with Crippen LogP contribution in [0.5, 0.6) is 5.75 Å². The monoisotopic (exact) mass is 350 g/mol. The Morgan fingerprint density at radius 2 is 2.12 bits per heavy atom. The predicted octanol–water partition coefficient (Wildman–Crippen LogP) is 3.54. The van der Waals surface area contributed by atoms with Gasteiger partial charge in [0.15, 0.2) is 6.10 Å². The van der Waals surface area contributed by atoms with Crippen molar-refractivity contribution in [3.63, 3.8) is 0 Å². The van der Waals surface area contributed by atoms with Crippen LogP contribution in [0.3, 0.4) is 0 Å². The average Bonchev–Trinajstić information content (AvgIpc) is 2.22. The Morgan fingerprint density at radius 3 is 2.69 bits per heavy atom. The molecular formula is C11H12Br2O3. The van der Waals surface area contributed by atoms with Gasteiger partial charge in [0.05, 0.1) is 11.1 Å². The van der Waals surface area contributed by atoms with Crippen LogP contribution in [0.4, 0.5) is 0 Å². The number of hydrogen-bond acceptors (Lipinski definition) is 3. The molecule has 1 unspecified atom stereocenters. The van der Waals surface area contributed by atoms with Crippen LogP contribution < -0.4 is 4.74 Å². The van der Waals surface area contributed by atoms with Crippen LogP contribution in [0.2, 0.25) is 0 Å². The molecule has 0 radical (unpaired) electrons. The fourth-order valence-electron chi connectivity index (χ4n) is 1.07. The van der Waals surface area contributed by atoms with E-state index >= 15 is 0 Å². The lowest BCUT2D eigenvalue weighted by atomic mass is 10.3. The van der Waals surface area contributed by atoms with Gasteiger partial charge in [0.1, 0.15) is 5.75 Å². The van der Waals surface area contributed by atoms with E-state index in [-0.39, 0.29) is 5.97 Å². The summed E-state index contributed by atoms with van der Waals surface area (Å²) in [6.07, 6.45) is -0.613. The quantitative estimate of drug-likeness (QED) is 0.778. The number of carbonyl (C=O) groups excluding carboxylic acids is 1. The van der Waals surface area contributed by atoms with Crippen molar-refractivity contribution in [2.45, 2.75) is 20.0 Å². The summed E-state index contributed by atoms with van der Waals surface area (Å²) in [7, 11) is 0. The molecule has 0 saturated heterocycles. The Balaban J connectivity index is 2.69. The second-order valence-electron chi connectivity index (χ2n) is 3.09. The van der Waals surface area contributed by atoms with Crippen LogP contribution in [0.1, 0.15) is 13.8 Å². The van der Waals surface area contributed by atoms with Crippen molar-refractivity contribution in [2.24, 2.45) is 0 Å². The fourth-order valence-corrected chi connectivity index (χ4v) is 2.21. The van der Waals surface area contributed by atoms with Gasteiger partial charge in [-0.15, -0.1) is 0 Å². The van der Waals surface area contributed by atoms with E-state index in [2.05, 4.69) is 31.9 Å². The van der Waals surface area contributed by atoms with Gasteiger partial charge in [0.2, 0.25) is 0 Å². The van der Waals surface area contributed by atoms with Gasteiger partial charge in [-0.25, -0.2) is 4.79 Å². The van der Waals surface area contributed by atoms with Gasteiger partial charge in [0.25, 0.3) is 0 Å². The number of ether oxygens (including phenoxy) is 2. The zero-order chi connectivity index (χ0) is 12.1. The first-order valence-electron chi connectivity index (χ1n) is 4.83. The average molecular weight is 352 g/mol. The number of hydrogen-bond donors (Lipinski definition) is 0. The molecule has 0 aliphatic rings. The standard InChI is InChI=1S/C11H12Br2O3/c1-3-15-11(14)7(2)16-10-5-4-8(12)6-9(10)13/h4-7H,3H2,1-2H3. The van der Waals surface area contributed by atoms with E-state index < -0.39 is 6.10 Å². The van der Waals surface area contributed by atoms with Crippen LogP contribution in [0.15, 0.2) is 27.1 Å². The van der Waals surface area contributed by atoms with Gasteiger partial charge in [-0.05, 0) is 48.0 Å². The highest BCUT2D eigenvalue weighted by molar-refractivity contribution is 9.11. The van der Waals surface area contributed by atoms with Gasteiger partial charge in [-0.3, -0.25) is 0 Å². The molecule has 1 aromatic rings. The van der Waals surface area contributed by atoms with E-state index in [0.29, 0.717) is 12.4 Å². The van der Waals surface area contributed by atoms with Crippen molar-refractivity contribution in [2.75, 3.05) is 6.61 Å². The van der Waals surface area contributed by atoms with E-state index in [4.69, 9.17) is 9.47 Å². The molecule has 0 fully saturated rings. The summed E-state index contributed by atoms with van der Waals surface area (Å²) in [5.41, 5.74) is 0. The molecule has 1 aromatic carbocycles. The summed E-state index contributed by atoms with van der Waals surface area (Å²) in [6.45, 7) is 3.78. The lowest BCUT2D eigenvalue weighted by Gasteiger charge is -2.14. The zero-order valence-corrected chi connectivity index (χ0v) is 12.2. The number of carbonyl (C=O) groups is 1. The largest absolute Gasteiger partial charge is 0.478 e. The minimum absolute atomic E-state index is 0.355. The molecule has 0 N–H and O–H groups in total. The highest BCUT2D eigenvalue weighted by Gasteiger charge is 2.16. The Labute approximate surface area is 111 Å². The molecule has 0 bridgehead atoms. The van der Waals surface area contributed by atoms with E-state index in [0.717, 1.165) is 8.95 Å². The lowest BCUT2D eigenvalue weighted by Crippen LogP contribution is -2.26. The van der Waals surface area contributed by atoms with Gasteiger partial charge in [-0.1, -0.05) is 15.9 Å². The first kappa shape index (κ1) is 13.5. The number of halogens is 2. The van der Waals surface area contributed by atoms with Crippen LogP contribution in [-0.4, -0.2) is 18.7 Å². The zero-order valence-electron chi connectivity index (χ0n) is 9.00. The molecule has 0 spiro atoms. The summed E-state index contributed by atoms with van der Waals surface area (Å²) in [5, 5.41) is 0. The van der Waals surface area contributed by atoms with Gasteiger partial charge >= 0.3 is 5.97 Å². The molecule has 1 rings (SSSR count). The third-order valence-corrected chi connectivity index (χ3v) is 2.93. The Morgan fingerprint density at radius 1 is 1.44 bits per heavy atom. The maximum absolute atomic E-state index is 11.4. The van der Waals surface area contributed by atoms with Crippen molar-refractivity contribution < 1.29 is 14.3 Å². The molecular weight excluding hydrogens is 340 g/mol. The first-order valence-corrected chi connectivity index (χ1v) is 6.41. The normalized spacial score (nSPS) is 12.0. The van der Waals surface area contributed by atoms with Crippen LogP contribution in [0, 0.1) is 0 Å². The fraction of sp³-hybridized carbons (Fsp3) is 0.364. The summed E-state index contributed by atoms with van der Waals surface area (Å²) in [6, 6.07) is 5.48. The smallest absolute Gasteiger partial charge is 0.347 e. The van der Waals surface area contributed by atoms with Gasteiger partial charge < -0.3 is 9.47 Å². The molecule has 1 atom stereocenters. The Kier molecular flexibility index (Phi) is 5.28. The second kappa shape index (κ2) is 6.25. The maximum atomic E-state index is 11.4.